The van der Waals surface area contributed by atoms with Gasteiger partial charge in [-0.15, -0.1) is 11.6 Å². The number of aromatic nitrogens is 1. The summed E-state index contributed by atoms with van der Waals surface area (Å²) in [6.45, 7) is 3.19. The fraction of sp³-hybridized carbons (Fsp3) is 0.214. The van der Waals surface area contributed by atoms with Crippen LogP contribution in [0.3, 0.4) is 0 Å². The van der Waals surface area contributed by atoms with Gasteiger partial charge in [0.1, 0.15) is 0 Å². The average molecular weight is 597 g/mol. The normalized spacial score (nSPS) is 17.4. The second-order valence-corrected chi connectivity index (χ2v) is 11.1. The number of para-hydroxylation sites is 1. The first kappa shape index (κ1) is 30.3. The SMILES string of the molecule is C=CCON(C1C=C(c2ccc(=O)n(C)c2)CN(OC(=O)O)C1Cc1ccccc1)S(=O)(=O)c1ccccc1[N+](=O)[O-]. The van der Waals surface area contributed by atoms with Gasteiger partial charge in [-0.2, -0.15) is 0 Å². The van der Waals surface area contributed by atoms with E-state index in [0.717, 1.165) is 22.8 Å². The Morgan fingerprint density at radius 2 is 1.86 bits per heavy atom. The molecule has 2 aromatic carbocycles. The Bertz CT molecular complexity index is 1670. The van der Waals surface area contributed by atoms with Crippen molar-refractivity contribution >= 4 is 27.4 Å². The van der Waals surface area contributed by atoms with Crippen LogP contribution in [0.1, 0.15) is 11.1 Å². The van der Waals surface area contributed by atoms with Gasteiger partial charge in [0.2, 0.25) is 5.56 Å². The van der Waals surface area contributed by atoms with Gasteiger partial charge in [-0.05, 0) is 35.3 Å². The zero-order chi connectivity index (χ0) is 30.4. The lowest BCUT2D eigenvalue weighted by Crippen LogP contribution is -2.56. The second-order valence-electron chi connectivity index (χ2n) is 9.31. The van der Waals surface area contributed by atoms with Crippen molar-refractivity contribution in [3.05, 3.63) is 123 Å². The third-order valence-corrected chi connectivity index (χ3v) is 8.27. The Hall–Kier alpha value is -4.63. The minimum absolute atomic E-state index is 0.0979. The number of hydrogen-bond donors (Lipinski definition) is 1. The van der Waals surface area contributed by atoms with E-state index in [4.69, 9.17) is 9.68 Å². The molecular formula is C28H28N4O9S. The Kier molecular flexibility index (Phi) is 9.32. The summed E-state index contributed by atoms with van der Waals surface area (Å²) in [5.41, 5.74) is 0.692. The first-order valence-corrected chi connectivity index (χ1v) is 14.1. The monoisotopic (exact) mass is 596 g/mol. The molecule has 0 saturated carbocycles. The Labute approximate surface area is 241 Å². The van der Waals surface area contributed by atoms with Gasteiger partial charge >= 0.3 is 6.16 Å². The third kappa shape index (κ3) is 6.63. The zero-order valence-corrected chi connectivity index (χ0v) is 23.3. The zero-order valence-electron chi connectivity index (χ0n) is 22.5. The van der Waals surface area contributed by atoms with Crippen molar-refractivity contribution in [1.29, 1.82) is 0 Å². The first-order valence-electron chi connectivity index (χ1n) is 12.6. The first-order chi connectivity index (χ1) is 20.0. The Balaban J connectivity index is 1.95. The van der Waals surface area contributed by atoms with Crippen LogP contribution < -0.4 is 5.56 Å². The largest absolute Gasteiger partial charge is 0.525 e. The van der Waals surface area contributed by atoms with Gasteiger partial charge in [-0.25, -0.2) is 13.2 Å². The van der Waals surface area contributed by atoms with Crippen molar-refractivity contribution in [2.75, 3.05) is 13.2 Å². The van der Waals surface area contributed by atoms with Gasteiger partial charge in [0.05, 0.1) is 30.2 Å². The molecule has 1 aliphatic rings. The molecule has 3 aromatic rings. The third-order valence-electron chi connectivity index (χ3n) is 6.54. The van der Waals surface area contributed by atoms with E-state index in [1.165, 1.54) is 48.2 Å². The number of benzene rings is 2. The minimum atomic E-state index is -4.75. The number of rotatable bonds is 11. The summed E-state index contributed by atoms with van der Waals surface area (Å²) in [6.07, 6.45) is 2.88. The summed E-state index contributed by atoms with van der Waals surface area (Å²) >= 11 is 0. The molecule has 0 amide bonds. The van der Waals surface area contributed by atoms with Crippen molar-refractivity contribution in [2.45, 2.75) is 23.4 Å². The molecule has 2 unspecified atom stereocenters. The van der Waals surface area contributed by atoms with Crippen molar-refractivity contribution in [3.8, 4) is 0 Å². The predicted octanol–water partition coefficient (Wildman–Crippen LogP) is 3.39. The molecule has 1 aromatic heterocycles. The molecule has 0 radical (unpaired) electrons. The maximum atomic E-state index is 14.1. The summed E-state index contributed by atoms with van der Waals surface area (Å²) in [4.78, 5) is 45.1. The molecule has 2 atom stereocenters. The van der Waals surface area contributed by atoms with E-state index >= 15 is 0 Å². The van der Waals surface area contributed by atoms with Crippen molar-refractivity contribution < 1.29 is 32.9 Å². The molecular weight excluding hydrogens is 568 g/mol. The van der Waals surface area contributed by atoms with Crippen molar-refractivity contribution in [2.24, 2.45) is 7.05 Å². The van der Waals surface area contributed by atoms with Crippen LogP contribution in [0.4, 0.5) is 10.5 Å². The maximum Gasteiger partial charge on any atom is 0.525 e. The van der Waals surface area contributed by atoms with E-state index in [0.29, 0.717) is 15.6 Å². The van der Waals surface area contributed by atoms with E-state index in [2.05, 4.69) is 6.58 Å². The molecule has 13 nitrogen and oxygen atoms in total. The molecule has 0 bridgehead atoms. The summed E-state index contributed by atoms with van der Waals surface area (Å²) in [5, 5.41) is 22.5. The van der Waals surface area contributed by atoms with Crippen LogP contribution >= 0.6 is 0 Å². The molecule has 0 spiro atoms. The molecule has 4 rings (SSSR count). The van der Waals surface area contributed by atoms with Gasteiger partial charge in [0, 0.05) is 25.4 Å². The molecule has 14 heteroatoms. The van der Waals surface area contributed by atoms with Gasteiger partial charge in [0.15, 0.2) is 4.90 Å². The quantitative estimate of drug-likeness (QED) is 0.197. The summed E-state index contributed by atoms with van der Waals surface area (Å²) in [6, 6.07) is 14.3. The Morgan fingerprint density at radius 1 is 1.17 bits per heavy atom. The fourth-order valence-electron chi connectivity index (χ4n) is 4.64. The smallest absolute Gasteiger partial charge is 0.448 e. The molecule has 1 N–H and O–H groups in total. The molecule has 0 fully saturated rings. The molecule has 220 valence electrons. The standard InChI is InChI=1S/C28H28N4O9S/c1-3-15-40-32(42(38,39)26-12-8-7-11-23(26)31(36)37)25-17-22(21-13-14-27(33)29(2)18-21)19-30(41-28(34)35)24(25)16-20-9-5-4-6-10-20/h3-14,17-18,24-25H,1,15-16,19H2,2H3,(H,34,35). The maximum absolute atomic E-state index is 14.1. The highest BCUT2D eigenvalue weighted by Gasteiger charge is 2.45. The highest BCUT2D eigenvalue weighted by atomic mass is 32.2. The number of nitro benzene ring substituents is 1. The topological polar surface area (TPSA) is 162 Å². The van der Waals surface area contributed by atoms with E-state index < -0.39 is 43.8 Å². The van der Waals surface area contributed by atoms with E-state index in [9.17, 15) is 33.2 Å². The number of nitrogens with zero attached hydrogens (tertiary/aromatic N) is 4. The number of pyridine rings is 1. The van der Waals surface area contributed by atoms with Crippen LogP contribution in [-0.2, 0) is 33.2 Å². The van der Waals surface area contributed by atoms with Crippen LogP contribution in [0.5, 0.6) is 0 Å². The van der Waals surface area contributed by atoms with Gasteiger partial charge < -0.3 is 14.5 Å². The lowest BCUT2D eigenvalue weighted by Gasteiger charge is -2.41. The molecule has 1 aliphatic heterocycles. The van der Waals surface area contributed by atoms with Gasteiger partial charge in [-0.3, -0.25) is 19.7 Å². The number of hydrogen-bond acceptors (Lipinski definition) is 9. The summed E-state index contributed by atoms with van der Waals surface area (Å²) in [7, 11) is -3.22. The average Bonchev–Trinajstić information content (AvgIpc) is 2.96. The summed E-state index contributed by atoms with van der Waals surface area (Å²) < 4.78 is 30.2. The van der Waals surface area contributed by atoms with Crippen molar-refractivity contribution in [3.63, 3.8) is 0 Å². The lowest BCUT2D eigenvalue weighted by molar-refractivity contribution is -0.388. The van der Waals surface area contributed by atoms with Crippen LogP contribution in [0.15, 0.2) is 101 Å². The highest BCUT2D eigenvalue weighted by molar-refractivity contribution is 7.89. The van der Waals surface area contributed by atoms with Gasteiger partial charge in [0.25, 0.3) is 15.7 Å². The number of hydroxylamine groups is 3. The van der Waals surface area contributed by atoms with E-state index in [-0.39, 0.29) is 25.1 Å². The molecule has 42 heavy (non-hydrogen) atoms. The minimum Gasteiger partial charge on any atom is -0.448 e. The van der Waals surface area contributed by atoms with E-state index in [1.54, 1.807) is 36.4 Å². The summed E-state index contributed by atoms with van der Waals surface area (Å²) in [5.74, 6) is 0. The number of aryl methyl sites for hydroxylation is 1. The van der Waals surface area contributed by atoms with Crippen molar-refractivity contribution in [1.82, 2.24) is 14.1 Å². The second kappa shape index (κ2) is 12.9. The van der Waals surface area contributed by atoms with Crippen LogP contribution in [0.25, 0.3) is 5.57 Å². The van der Waals surface area contributed by atoms with Crippen LogP contribution in [-0.4, -0.2) is 63.9 Å². The predicted molar refractivity (Wildman–Crippen MR) is 151 cm³/mol. The van der Waals surface area contributed by atoms with Crippen LogP contribution in [0, 0.1) is 10.1 Å². The number of sulfonamides is 1. The van der Waals surface area contributed by atoms with Gasteiger partial charge in [-0.1, -0.05) is 59.1 Å². The number of nitro groups is 1. The molecule has 2 heterocycles. The molecule has 0 saturated heterocycles. The Morgan fingerprint density at radius 3 is 2.50 bits per heavy atom. The van der Waals surface area contributed by atoms with E-state index in [1.807, 2.05) is 0 Å². The lowest BCUT2D eigenvalue weighted by atomic mass is 9.92. The number of carbonyl (C=O) groups is 1. The fourth-order valence-corrected chi connectivity index (χ4v) is 6.21. The molecule has 0 aliphatic carbocycles. The highest BCUT2D eigenvalue weighted by Crippen LogP contribution is 2.34. The number of carboxylic acid groups (broad SMARTS) is 1. The van der Waals surface area contributed by atoms with Crippen LogP contribution in [0.2, 0.25) is 0 Å².